The summed E-state index contributed by atoms with van der Waals surface area (Å²) in [6.45, 7) is 1.79. The number of carboxylic acids is 1. The number of carboxylic acid groups (broad SMARTS) is 1. The fourth-order valence-electron chi connectivity index (χ4n) is 0.690. The summed E-state index contributed by atoms with van der Waals surface area (Å²) in [5.74, 6) is -0.724. The number of aliphatic carboxylic acids is 1. The molecule has 1 atom stereocenters. The number of rotatable bonds is 4. The van der Waals surface area contributed by atoms with Crippen LogP contribution >= 0.6 is 0 Å². The number of aromatic nitrogens is 1. The molecule has 0 aliphatic rings. The highest BCUT2D eigenvalue weighted by atomic mass is 16.5. The van der Waals surface area contributed by atoms with Gasteiger partial charge in [-0.1, -0.05) is 0 Å². The van der Waals surface area contributed by atoms with E-state index in [0.29, 0.717) is 5.88 Å². The maximum atomic E-state index is 10.4. The van der Waals surface area contributed by atoms with Gasteiger partial charge < -0.3 is 14.8 Å². The van der Waals surface area contributed by atoms with E-state index in [4.69, 9.17) is 9.84 Å². The van der Waals surface area contributed by atoms with Crippen molar-refractivity contribution in [2.75, 3.05) is 6.61 Å². The van der Waals surface area contributed by atoms with Gasteiger partial charge in [0.15, 0.2) is 5.88 Å². The molecule has 2 N–H and O–H groups in total. The van der Waals surface area contributed by atoms with Gasteiger partial charge >= 0.3 is 5.97 Å². The van der Waals surface area contributed by atoms with Gasteiger partial charge in [0.2, 0.25) is 0 Å². The standard InChI is InChI=1S/C8H11NO3/c1-6(8(10)11)5-12-7-3-2-4-9-7/h2-4,6,9H,5H2,1H3,(H,10,11). The van der Waals surface area contributed by atoms with E-state index in [1.807, 2.05) is 0 Å². The lowest BCUT2D eigenvalue weighted by Crippen LogP contribution is -2.17. The zero-order valence-electron chi connectivity index (χ0n) is 6.78. The normalized spacial score (nSPS) is 12.4. The molecule has 0 amide bonds. The summed E-state index contributed by atoms with van der Waals surface area (Å²) in [6.07, 6.45) is 1.72. The largest absolute Gasteiger partial charge is 0.481 e. The van der Waals surface area contributed by atoms with Crippen molar-refractivity contribution in [1.29, 1.82) is 0 Å². The summed E-state index contributed by atoms with van der Waals surface area (Å²) in [6, 6.07) is 3.54. The molecular weight excluding hydrogens is 158 g/mol. The first kappa shape index (κ1) is 8.64. The number of H-pyrrole nitrogens is 1. The van der Waals surface area contributed by atoms with Crippen molar-refractivity contribution in [3.63, 3.8) is 0 Å². The van der Waals surface area contributed by atoms with E-state index < -0.39 is 11.9 Å². The molecule has 0 spiro atoms. The zero-order valence-corrected chi connectivity index (χ0v) is 6.78. The molecule has 0 fully saturated rings. The van der Waals surface area contributed by atoms with Crippen LogP contribution in [-0.2, 0) is 4.79 Å². The zero-order chi connectivity index (χ0) is 8.97. The average Bonchev–Trinajstić information content (AvgIpc) is 2.51. The number of nitrogens with one attached hydrogen (secondary N) is 1. The Hall–Kier alpha value is -1.45. The molecule has 0 aliphatic heterocycles. The minimum atomic E-state index is -0.846. The Morgan fingerprint density at radius 3 is 3.08 bits per heavy atom. The van der Waals surface area contributed by atoms with Crippen LogP contribution in [0, 0.1) is 5.92 Å². The van der Waals surface area contributed by atoms with E-state index in [-0.39, 0.29) is 6.61 Å². The quantitative estimate of drug-likeness (QED) is 0.709. The highest BCUT2D eigenvalue weighted by Gasteiger charge is 2.11. The van der Waals surface area contributed by atoms with E-state index >= 15 is 0 Å². The van der Waals surface area contributed by atoms with Gasteiger partial charge in [0.05, 0.1) is 5.92 Å². The van der Waals surface area contributed by atoms with Gasteiger partial charge in [-0.05, 0) is 19.1 Å². The molecule has 4 heteroatoms. The van der Waals surface area contributed by atoms with Gasteiger partial charge in [0, 0.05) is 6.20 Å². The van der Waals surface area contributed by atoms with E-state index in [0.717, 1.165) is 0 Å². The summed E-state index contributed by atoms with van der Waals surface area (Å²) in [4.78, 5) is 13.2. The van der Waals surface area contributed by atoms with Gasteiger partial charge in [-0.2, -0.15) is 0 Å². The smallest absolute Gasteiger partial charge is 0.309 e. The Morgan fingerprint density at radius 2 is 2.58 bits per heavy atom. The van der Waals surface area contributed by atoms with Gasteiger partial charge in [-0.3, -0.25) is 4.79 Å². The van der Waals surface area contributed by atoms with Crippen LogP contribution in [0.4, 0.5) is 0 Å². The van der Waals surface area contributed by atoms with Crippen LogP contribution in [0.1, 0.15) is 6.92 Å². The van der Waals surface area contributed by atoms with Gasteiger partial charge in [-0.25, -0.2) is 0 Å². The summed E-state index contributed by atoms with van der Waals surface area (Å²) in [5, 5.41) is 8.52. The van der Waals surface area contributed by atoms with Crippen molar-refractivity contribution in [2.24, 2.45) is 5.92 Å². The SMILES string of the molecule is CC(COc1ccc[nH]1)C(=O)O. The fraction of sp³-hybridized carbons (Fsp3) is 0.375. The Kier molecular flexibility index (Phi) is 2.74. The van der Waals surface area contributed by atoms with Crippen LogP contribution in [0.2, 0.25) is 0 Å². The van der Waals surface area contributed by atoms with Crippen molar-refractivity contribution in [3.05, 3.63) is 18.3 Å². The molecule has 66 valence electrons. The number of aromatic amines is 1. The lowest BCUT2D eigenvalue weighted by Gasteiger charge is -2.06. The third kappa shape index (κ3) is 2.30. The Bertz CT molecular complexity index is 243. The Morgan fingerprint density at radius 1 is 1.83 bits per heavy atom. The molecule has 1 rings (SSSR count). The van der Waals surface area contributed by atoms with Crippen LogP contribution < -0.4 is 4.74 Å². The first-order valence-corrected chi connectivity index (χ1v) is 3.69. The molecule has 4 nitrogen and oxygen atoms in total. The Labute approximate surface area is 70.2 Å². The lowest BCUT2D eigenvalue weighted by molar-refractivity contribution is -0.142. The van der Waals surface area contributed by atoms with Crippen LogP contribution in [0.15, 0.2) is 18.3 Å². The first-order valence-electron chi connectivity index (χ1n) is 3.69. The van der Waals surface area contributed by atoms with E-state index in [2.05, 4.69) is 4.98 Å². The highest BCUT2D eigenvalue weighted by molar-refractivity contribution is 5.69. The van der Waals surface area contributed by atoms with Crippen molar-refractivity contribution >= 4 is 5.97 Å². The molecular formula is C8H11NO3. The molecule has 0 aliphatic carbocycles. The predicted octanol–water partition coefficient (Wildman–Crippen LogP) is 1.11. The minimum absolute atomic E-state index is 0.190. The van der Waals surface area contributed by atoms with Crippen LogP contribution in [0.3, 0.4) is 0 Å². The van der Waals surface area contributed by atoms with Crippen LogP contribution in [0.5, 0.6) is 5.88 Å². The van der Waals surface area contributed by atoms with Gasteiger partial charge in [0.25, 0.3) is 0 Å². The van der Waals surface area contributed by atoms with E-state index in [9.17, 15) is 4.79 Å². The molecule has 1 aromatic heterocycles. The molecule has 0 saturated carbocycles. The second kappa shape index (κ2) is 3.80. The molecule has 1 unspecified atom stereocenters. The van der Waals surface area contributed by atoms with E-state index in [1.165, 1.54) is 0 Å². The monoisotopic (exact) mass is 169 g/mol. The van der Waals surface area contributed by atoms with Crippen molar-refractivity contribution in [3.8, 4) is 5.88 Å². The van der Waals surface area contributed by atoms with E-state index in [1.54, 1.807) is 25.3 Å². The Balaban J connectivity index is 2.31. The summed E-state index contributed by atoms with van der Waals surface area (Å²) >= 11 is 0. The predicted molar refractivity (Wildman–Crippen MR) is 43.1 cm³/mol. The fourth-order valence-corrected chi connectivity index (χ4v) is 0.690. The van der Waals surface area contributed by atoms with Crippen molar-refractivity contribution in [1.82, 2.24) is 4.98 Å². The van der Waals surface area contributed by atoms with Gasteiger partial charge in [-0.15, -0.1) is 0 Å². The summed E-state index contributed by atoms with van der Waals surface area (Å²) in [7, 11) is 0. The third-order valence-electron chi connectivity index (χ3n) is 1.48. The third-order valence-corrected chi connectivity index (χ3v) is 1.48. The molecule has 12 heavy (non-hydrogen) atoms. The number of hydrogen-bond donors (Lipinski definition) is 2. The highest BCUT2D eigenvalue weighted by Crippen LogP contribution is 2.06. The molecule has 0 saturated heterocycles. The van der Waals surface area contributed by atoms with Gasteiger partial charge in [0.1, 0.15) is 6.61 Å². The topological polar surface area (TPSA) is 62.3 Å². The van der Waals surface area contributed by atoms with Crippen LogP contribution in [-0.4, -0.2) is 22.7 Å². The average molecular weight is 169 g/mol. The molecule has 0 radical (unpaired) electrons. The molecule has 1 aromatic rings. The van der Waals surface area contributed by atoms with Crippen LogP contribution in [0.25, 0.3) is 0 Å². The summed E-state index contributed by atoms with van der Waals surface area (Å²) < 4.78 is 5.13. The first-order chi connectivity index (χ1) is 5.70. The minimum Gasteiger partial charge on any atom is -0.481 e. The van der Waals surface area contributed by atoms with Crippen molar-refractivity contribution in [2.45, 2.75) is 6.92 Å². The molecule has 0 aromatic carbocycles. The maximum absolute atomic E-state index is 10.4. The second-order valence-corrected chi connectivity index (χ2v) is 2.58. The lowest BCUT2D eigenvalue weighted by atomic mass is 10.2. The summed E-state index contributed by atoms with van der Waals surface area (Å²) in [5.41, 5.74) is 0. The number of carbonyl (C=O) groups is 1. The maximum Gasteiger partial charge on any atom is 0.309 e. The second-order valence-electron chi connectivity index (χ2n) is 2.58. The molecule has 0 bridgehead atoms. The number of hydrogen-bond acceptors (Lipinski definition) is 2. The van der Waals surface area contributed by atoms with Crippen molar-refractivity contribution < 1.29 is 14.6 Å². The number of ether oxygens (including phenoxy) is 1. The molecule has 1 heterocycles.